The fourth-order valence-electron chi connectivity index (χ4n) is 2.69. The molecule has 2 N–H and O–H groups in total. The van der Waals surface area contributed by atoms with Crippen molar-refractivity contribution < 1.29 is 0 Å². The van der Waals surface area contributed by atoms with Crippen molar-refractivity contribution in [2.24, 2.45) is 5.73 Å². The van der Waals surface area contributed by atoms with Crippen LogP contribution in [-0.4, -0.2) is 4.98 Å². The molecule has 0 atom stereocenters. The van der Waals surface area contributed by atoms with Gasteiger partial charge in [-0.15, -0.1) is 11.3 Å². The molecule has 0 saturated heterocycles. The largest absolute Gasteiger partial charge is 0.319 e. The summed E-state index contributed by atoms with van der Waals surface area (Å²) in [7, 11) is 0. The molecule has 0 fully saturated rings. The van der Waals surface area contributed by atoms with Crippen LogP contribution in [0.5, 0.6) is 0 Å². The fourth-order valence-corrected chi connectivity index (χ4v) is 4.03. The number of benzene rings is 1. The van der Waals surface area contributed by atoms with Crippen LogP contribution in [0.2, 0.25) is 0 Å². The topological polar surface area (TPSA) is 38.9 Å². The van der Waals surface area contributed by atoms with Crippen LogP contribution in [0.4, 0.5) is 0 Å². The Labute approximate surface area is 118 Å². The van der Waals surface area contributed by atoms with E-state index in [1.165, 1.54) is 27.3 Å². The molecule has 0 unspecified atom stereocenters. The predicted molar refractivity (Wildman–Crippen MR) is 81.5 cm³/mol. The molecule has 19 heavy (non-hydrogen) atoms. The molecule has 1 aliphatic carbocycles. The lowest BCUT2D eigenvalue weighted by Crippen LogP contribution is -2.34. The van der Waals surface area contributed by atoms with E-state index in [0.717, 1.165) is 24.3 Å². The molecule has 3 heteroatoms. The second kappa shape index (κ2) is 4.43. The van der Waals surface area contributed by atoms with Gasteiger partial charge in [0.05, 0.1) is 11.2 Å². The third-order valence-electron chi connectivity index (χ3n) is 4.26. The Hall–Kier alpha value is -1.19. The number of fused-ring (bicyclic) bond motifs is 3. The highest BCUT2D eigenvalue weighted by atomic mass is 32.1. The van der Waals surface area contributed by atoms with Gasteiger partial charge in [-0.1, -0.05) is 31.5 Å². The minimum absolute atomic E-state index is 0.251. The first kappa shape index (κ1) is 12.8. The summed E-state index contributed by atoms with van der Waals surface area (Å²) in [6.45, 7) is 6.43. The summed E-state index contributed by atoms with van der Waals surface area (Å²) < 4.78 is 0. The monoisotopic (exact) mass is 272 g/mol. The number of thiazole rings is 1. The standard InChI is InChI=1S/C16H20N2S/c1-4-16(17,5-2)15-18-14-12-8-10(3)6-7-11(12)9-13(14)19-15/h6-8H,4-5,9,17H2,1-3H3. The third-order valence-corrected chi connectivity index (χ3v) is 5.53. The number of nitrogens with zero attached hydrogens (tertiary/aromatic N) is 1. The van der Waals surface area contributed by atoms with Crippen molar-refractivity contribution in [1.29, 1.82) is 0 Å². The zero-order valence-corrected chi connectivity index (χ0v) is 12.6. The molecular formula is C16H20N2S. The van der Waals surface area contributed by atoms with Gasteiger partial charge in [0.25, 0.3) is 0 Å². The summed E-state index contributed by atoms with van der Waals surface area (Å²) in [5, 5.41) is 1.11. The summed E-state index contributed by atoms with van der Waals surface area (Å²) in [6, 6.07) is 6.66. The summed E-state index contributed by atoms with van der Waals surface area (Å²) in [4.78, 5) is 6.26. The van der Waals surface area contributed by atoms with E-state index in [9.17, 15) is 0 Å². The zero-order valence-electron chi connectivity index (χ0n) is 11.8. The lowest BCUT2D eigenvalue weighted by molar-refractivity contribution is 0.411. The molecule has 1 heterocycles. The Kier molecular flexibility index (Phi) is 2.99. The van der Waals surface area contributed by atoms with E-state index in [2.05, 4.69) is 39.0 Å². The Morgan fingerprint density at radius 3 is 2.74 bits per heavy atom. The number of aromatic nitrogens is 1. The van der Waals surface area contributed by atoms with Crippen molar-refractivity contribution in [3.63, 3.8) is 0 Å². The van der Waals surface area contributed by atoms with Crippen LogP contribution in [0.15, 0.2) is 18.2 Å². The molecule has 1 aliphatic rings. The number of aryl methyl sites for hydroxylation is 1. The molecular weight excluding hydrogens is 252 g/mol. The highest BCUT2D eigenvalue weighted by molar-refractivity contribution is 7.12. The van der Waals surface area contributed by atoms with Crippen LogP contribution in [0, 0.1) is 6.92 Å². The Morgan fingerprint density at radius 2 is 2.05 bits per heavy atom. The van der Waals surface area contributed by atoms with Crippen LogP contribution < -0.4 is 5.73 Å². The number of rotatable bonds is 3. The van der Waals surface area contributed by atoms with Gasteiger partial charge < -0.3 is 5.73 Å². The lowest BCUT2D eigenvalue weighted by Gasteiger charge is -2.23. The van der Waals surface area contributed by atoms with Crippen molar-refractivity contribution in [1.82, 2.24) is 4.98 Å². The van der Waals surface area contributed by atoms with Crippen molar-refractivity contribution in [3.05, 3.63) is 39.2 Å². The second-order valence-corrected chi connectivity index (χ2v) is 6.58. The van der Waals surface area contributed by atoms with Gasteiger partial charge in [0.1, 0.15) is 5.01 Å². The molecule has 0 aliphatic heterocycles. The fraction of sp³-hybridized carbons (Fsp3) is 0.438. The second-order valence-electron chi connectivity index (χ2n) is 5.49. The van der Waals surface area contributed by atoms with Gasteiger partial charge in [0.2, 0.25) is 0 Å². The third kappa shape index (κ3) is 1.92. The van der Waals surface area contributed by atoms with E-state index >= 15 is 0 Å². The van der Waals surface area contributed by atoms with Gasteiger partial charge in [0.15, 0.2) is 0 Å². The highest BCUT2D eigenvalue weighted by Crippen LogP contribution is 2.42. The average molecular weight is 272 g/mol. The van der Waals surface area contributed by atoms with Crippen LogP contribution >= 0.6 is 11.3 Å². The first-order valence-electron chi connectivity index (χ1n) is 6.96. The van der Waals surface area contributed by atoms with Crippen molar-refractivity contribution in [2.75, 3.05) is 0 Å². The zero-order chi connectivity index (χ0) is 13.6. The van der Waals surface area contributed by atoms with E-state index in [4.69, 9.17) is 10.7 Å². The molecule has 0 amide bonds. The van der Waals surface area contributed by atoms with Gasteiger partial charge in [0, 0.05) is 16.9 Å². The van der Waals surface area contributed by atoms with Crippen molar-refractivity contribution in [3.8, 4) is 11.3 Å². The van der Waals surface area contributed by atoms with E-state index in [1.807, 2.05) is 0 Å². The first-order chi connectivity index (χ1) is 9.07. The SMILES string of the molecule is CCC(N)(CC)c1nc2c(s1)Cc1ccc(C)cc1-2. The van der Waals surface area contributed by atoms with Gasteiger partial charge >= 0.3 is 0 Å². The van der Waals surface area contributed by atoms with E-state index < -0.39 is 0 Å². The van der Waals surface area contributed by atoms with Crippen LogP contribution in [0.1, 0.15) is 47.7 Å². The minimum Gasteiger partial charge on any atom is -0.319 e. The molecule has 0 spiro atoms. The molecule has 0 bridgehead atoms. The molecule has 0 saturated carbocycles. The molecule has 2 nitrogen and oxygen atoms in total. The Balaban J connectivity index is 2.09. The smallest absolute Gasteiger partial charge is 0.113 e. The van der Waals surface area contributed by atoms with Gasteiger partial charge in [-0.2, -0.15) is 0 Å². The normalized spacial score (nSPS) is 13.5. The highest BCUT2D eigenvalue weighted by Gasteiger charge is 2.31. The van der Waals surface area contributed by atoms with E-state index in [-0.39, 0.29) is 5.54 Å². The molecule has 3 rings (SSSR count). The summed E-state index contributed by atoms with van der Waals surface area (Å²) in [6.07, 6.45) is 2.90. The number of hydrogen-bond donors (Lipinski definition) is 1. The minimum atomic E-state index is -0.251. The molecule has 1 aromatic carbocycles. The number of nitrogens with two attached hydrogens (primary N) is 1. The van der Waals surface area contributed by atoms with Crippen LogP contribution in [0.25, 0.3) is 11.3 Å². The molecule has 100 valence electrons. The maximum Gasteiger partial charge on any atom is 0.113 e. The molecule has 0 radical (unpaired) electrons. The predicted octanol–water partition coefficient (Wildman–Crippen LogP) is 4.00. The van der Waals surface area contributed by atoms with Crippen molar-refractivity contribution >= 4 is 11.3 Å². The van der Waals surface area contributed by atoms with Crippen LogP contribution in [-0.2, 0) is 12.0 Å². The maximum absolute atomic E-state index is 6.48. The van der Waals surface area contributed by atoms with Crippen LogP contribution in [0.3, 0.4) is 0 Å². The van der Waals surface area contributed by atoms with E-state index in [0.29, 0.717) is 0 Å². The van der Waals surface area contributed by atoms with Gasteiger partial charge in [-0.25, -0.2) is 4.98 Å². The average Bonchev–Trinajstić information content (AvgIpc) is 2.96. The lowest BCUT2D eigenvalue weighted by atomic mass is 9.95. The Morgan fingerprint density at radius 1 is 1.32 bits per heavy atom. The summed E-state index contributed by atoms with van der Waals surface area (Å²) in [5.74, 6) is 0. The van der Waals surface area contributed by atoms with Gasteiger partial charge in [-0.05, 0) is 31.4 Å². The molecule has 2 aromatic rings. The van der Waals surface area contributed by atoms with E-state index in [1.54, 1.807) is 11.3 Å². The number of hydrogen-bond acceptors (Lipinski definition) is 3. The van der Waals surface area contributed by atoms with Gasteiger partial charge in [-0.3, -0.25) is 0 Å². The molecule has 1 aromatic heterocycles. The maximum atomic E-state index is 6.48. The first-order valence-corrected chi connectivity index (χ1v) is 7.78. The Bertz CT molecular complexity index is 624. The summed E-state index contributed by atoms with van der Waals surface area (Å²) in [5.41, 5.74) is 11.4. The quantitative estimate of drug-likeness (QED) is 0.782. The van der Waals surface area contributed by atoms with Crippen molar-refractivity contribution in [2.45, 2.75) is 45.6 Å². The summed E-state index contributed by atoms with van der Waals surface area (Å²) >= 11 is 1.80.